The van der Waals surface area contributed by atoms with Crippen molar-refractivity contribution in [1.29, 1.82) is 0 Å². The number of hydrogen-bond acceptors (Lipinski definition) is 7. The molecule has 0 spiro atoms. The molecule has 1 aliphatic carbocycles. The van der Waals surface area contributed by atoms with Crippen molar-refractivity contribution in [3.63, 3.8) is 0 Å². The molecule has 3 heterocycles. The first-order chi connectivity index (χ1) is 18.2. The summed E-state index contributed by atoms with van der Waals surface area (Å²) in [5, 5.41) is 17.3. The molecule has 11 heteroatoms. The van der Waals surface area contributed by atoms with Gasteiger partial charge in [-0.15, -0.1) is 0 Å². The van der Waals surface area contributed by atoms with E-state index in [4.69, 9.17) is 0 Å². The largest absolute Gasteiger partial charge is 0.350 e. The predicted octanol–water partition coefficient (Wildman–Crippen LogP) is 4.73. The molecule has 2 atom stereocenters. The fourth-order valence-corrected chi connectivity index (χ4v) is 4.09. The highest BCUT2D eigenvalue weighted by Crippen LogP contribution is 2.30. The number of H-pyrrole nitrogens is 1. The lowest BCUT2D eigenvalue weighted by Gasteiger charge is -2.23. The summed E-state index contributed by atoms with van der Waals surface area (Å²) >= 11 is 0. The van der Waals surface area contributed by atoms with Gasteiger partial charge in [0.2, 0.25) is 5.91 Å². The van der Waals surface area contributed by atoms with Crippen molar-refractivity contribution in [2.45, 2.75) is 53.0 Å². The zero-order valence-electron chi connectivity index (χ0n) is 22.0. The van der Waals surface area contributed by atoms with Gasteiger partial charge in [-0.1, -0.05) is 17.7 Å². The van der Waals surface area contributed by atoms with Crippen LogP contribution in [0.25, 0.3) is 11.4 Å². The summed E-state index contributed by atoms with van der Waals surface area (Å²) in [7, 11) is 0. The van der Waals surface area contributed by atoms with Crippen molar-refractivity contribution in [3.05, 3.63) is 71.4 Å². The molecular weight excluding hydrogens is 485 g/mol. The van der Waals surface area contributed by atoms with E-state index >= 15 is 0 Å². The fourth-order valence-electron chi connectivity index (χ4n) is 4.09. The summed E-state index contributed by atoms with van der Waals surface area (Å²) in [4.78, 5) is 26.1. The number of aromatic nitrogens is 6. The van der Waals surface area contributed by atoms with Gasteiger partial charge < -0.3 is 10.6 Å². The molecule has 1 unspecified atom stereocenters. The minimum atomic E-state index is -0.458. The van der Waals surface area contributed by atoms with Crippen molar-refractivity contribution >= 4 is 35.7 Å². The molecule has 1 aliphatic rings. The number of aryl methyl sites for hydroxylation is 2. The molecule has 0 aromatic carbocycles. The minimum absolute atomic E-state index is 0.00200. The van der Waals surface area contributed by atoms with Gasteiger partial charge >= 0.3 is 0 Å². The van der Waals surface area contributed by atoms with Crippen LogP contribution in [-0.4, -0.2) is 48.6 Å². The Morgan fingerprint density at radius 2 is 2.11 bits per heavy atom. The number of anilines is 2. The van der Waals surface area contributed by atoms with E-state index in [1.807, 2.05) is 45.9 Å². The number of aromatic amines is 1. The topological polar surface area (TPSA) is 126 Å². The smallest absolute Gasteiger partial charge is 0.223 e. The van der Waals surface area contributed by atoms with Crippen molar-refractivity contribution in [3.8, 4) is 0 Å². The number of hydrogen-bond donors (Lipinski definition) is 3. The van der Waals surface area contributed by atoms with Crippen molar-refractivity contribution < 1.29 is 9.18 Å². The van der Waals surface area contributed by atoms with E-state index < -0.39 is 5.82 Å². The van der Waals surface area contributed by atoms with E-state index in [2.05, 4.69) is 53.7 Å². The summed E-state index contributed by atoms with van der Waals surface area (Å²) in [6, 6.07) is 3.59. The van der Waals surface area contributed by atoms with E-state index in [1.165, 1.54) is 10.9 Å². The first-order valence-electron chi connectivity index (χ1n) is 12.4. The molecule has 0 bridgehead atoms. The van der Waals surface area contributed by atoms with Crippen molar-refractivity contribution in [2.24, 2.45) is 10.9 Å². The monoisotopic (exact) mass is 517 g/mol. The number of rotatable bonds is 9. The molecule has 0 saturated carbocycles. The first-order valence-corrected chi connectivity index (χ1v) is 12.4. The fraction of sp³-hybridized carbons (Fsp3) is 0.333. The average molecular weight is 518 g/mol. The van der Waals surface area contributed by atoms with E-state index in [1.54, 1.807) is 6.08 Å². The highest BCUT2D eigenvalue weighted by molar-refractivity contribution is 5.81. The molecule has 0 saturated heterocycles. The highest BCUT2D eigenvalue weighted by atomic mass is 19.1. The number of amides is 1. The van der Waals surface area contributed by atoms with Gasteiger partial charge in [0.05, 0.1) is 12.4 Å². The summed E-state index contributed by atoms with van der Waals surface area (Å²) in [6.07, 6.45) is 9.93. The van der Waals surface area contributed by atoms with Gasteiger partial charge in [-0.2, -0.15) is 10.2 Å². The second kappa shape index (κ2) is 11.8. The molecule has 198 valence electrons. The molecule has 1 amide bonds. The Hall–Kier alpha value is -4.41. The number of halogens is 1. The van der Waals surface area contributed by atoms with Crippen LogP contribution < -0.4 is 10.6 Å². The van der Waals surface area contributed by atoms with Gasteiger partial charge in [-0.25, -0.2) is 24.0 Å². The Balaban J connectivity index is 1.36. The van der Waals surface area contributed by atoms with Gasteiger partial charge in [0.1, 0.15) is 5.82 Å². The SMILES string of the molecule is C=N/C(=C\C=C(/C)[C@H](C)NC(=O)C1CC=C(c2nc(C)cc(Nc3cc(C)[nH]n3)n2)CC1)n1cc(F)cn1. The van der Waals surface area contributed by atoms with Gasteiger partial charge in [0.15, 0.2) is 23.3 Å². The number of carbonyl (C=O) groups excluding carboxylic acids is 1. The number of allylic oxidation sites excluding steroid dienone is 4. The molecular formula is C27H32FN9O. The summed E-state index contributed by atoms with van der Waals surface area (Å²) in [5.41, 5.74) is 3.76. The molecule has 0 aliphatic heterocycles. The lowest BCUT2D eigenvalue weighted by Crippen LogP contribution is -2.38. The third-order valence-corrected chi connectivity index (χ3v) is 6.37. The maximum Gasteiger partial charge on any atom is 0.223 e. The van der Waals surface area contributed by atoms with Crippen LogP contribution in [-0.2, 0) is 4.79 Å². The van der Waals surface area contributed by atoms with Crippen LogP contribution in [0.4, 0.5) is 16.0 Å². The maximum atomic E-state index is 13.3. The van der Waals surface area contributed by atoms with Gasteiger partial charge in [-0.05, 0) is 65.3 Å². The van der Waals surface area contributed by atoms with Gasteiger partial charge in [-0.3, -0.25) is 9.89 Å². The second-order valence-electron chi connectivity index (χ2n) is 9.41. The highest BCUT2D eigenvalue weighted by Gasteiger charge is 2.24. The Bertz CT molecular complexity index is 1420. The Morgan fingerprint density at radius 1 is 1.29 bits per heavy atom. The third-order valence-electron chi connectivity index (χ3n) is 6.37. The summed E-state index contributed by atoms with van der Waals surface area (Å²) in [6.45, 7) is 11.2. The predicted molar refractivity (Wildman–Crippen MR) is 146 cm³/mol. The number of nitrogens with zero attached hydrogens (tertiary/aromatic N) is 6. The van der Waals surface area contributed by atoms with Crippen LogP contribution in [0, 0.1) is 25.6 Å². The quantitative estimate of drug-likeness (QED) is 0.278. The third kappa shape index (κ3) is 6.67. The lowest BCUT2D eigenvalue weighted by atomic mass is 9.88. The Morgan fingerprint density at radius 3 is 2.74 bits per heavy atom. The Kier molecular flexibility index (Phi) is 8.25. The molecule has 3 aromatic rings. The molecule has 10 nitrogen and oxygen atoms in total. The van der Waals surface area contributed by atoms with Crippen LogP contribution in [0.2, 0.25) is 0 Å². The maximum absolute atomic E-state index is 13.3. The standard InChI is InChI=1S/C27H32FN9O/c1-16(6-11-25(29-5)37-15-22(28)14-30-37)19(4)32-27(38)21-9-7-20(8-10-21)26-31-17(2)12-23(34-26)33-24-13-18(3)35-36-24/h6-7,11-15,19,21H,5,8-10H2,1-4H3,(H,32,38)(H2,31,33,34,35,36)/b16-6+,25-11+/t19-,21?/m0/s1. The Labute approximate surface area is 220 Å². The lowest BCUT2D eigenvalue weighted by molar-refractivity contribution is -0.125. The van der Waals surface area contributed by atoms with E-state index in [0.717, 1.165) is 28.7 Å². The molecule has 3 aromatic heterocycles. The molecule has 3 N–H and O–H groups in total. The van der Waals surface area contributed by atoms with Crippen LogP contribution in [0.15, 0.2) is 53.3 Å². The van der Waals surface area contributed by atoms with Crippen molar-refractivity contribution in [1.82, 2.24) is 35.3 Å². The minimum Gasteiger partial charge on any atom is -0.350 e. The van der Waals surface area contributed by atoms with Crippen LogP contribution in [0.5, 0.6) is 0 Å². The van der Waals surface area contributed by atoms with Crippen LogP contribution in [0.3, 0.4) is 0 Å². The van der Waals surface area contributed by atoms with Gasteiger partial charge in [0.25, 0.3) is 0 Å². The van der Waals surface area contributed by atoms with Crippen LogP contribution >= 0.6 is 0 Å². The van der Waals surface area contributed by atoms with Crippen LogP contribution in [0.1, 0.15) is 50.3 Å². The van der Waals surface area contributed by atoms with Crippen molar-refractivity contribution in [2.75, 3.05) is 5.32 Å². The molecule has 38 heavy (non-hydrogen) atoms. The number of carbonyl (C=O) groups is 1. The number of nitrogens with one attached hydrogen (secondary N) is 3. The van der Waals surface area contributed by atoms with E-state index in [-0.39, 0.29) is 17.9 Å². The zero-order valence-corrected chi connectivity index (χ0v) is 22.0. The molecule has 0 fully saturated rings. The first kappa shape index (κ1) is 26.6. The average Bonchev–Trinajstić information content (AvgIpc) is 3.51. The second-order valence-corrected chi connectivity index (χ2v) is 9.41. The van der Waals surface area contributed by atoms with E-state index in [0.29, 0.717) is 42.5 Å². The molecule has 0 radical (unpaired) electrons. The molecule has 4 rings (SSSR count). The van der Waals surface area contributed by atoms with E-state index in [9.17, 15) is 9.18 Å². The number of aliphatic imine (C=N–C) groups is 1. The summed E-state index contributed by atoms with van der Waals surface area (Å²) < 4.78 is 14.6. The zero-order chi connectivity index (χ0) is 27.2. The van der Waals surface area contributed by atoms with Gasteiger partial charge in [0, 0.05) is 35.5 Å². The summed E-state index contributed by atoms with van der Waals surface area (Å²) in [5.74, 6) is 1.84. The normalized spacial score (nSPS) is 17.1.